The summed E-state index contributed by atoms with van der Waals surface area (Å²) < 4.78 is 47.4. The highest BCUT2D eigenvalue weighted by atomic mass is 35.5. The van der Waals surface area contributed by atoms with Gasteiger partial charge in [0.2, 0.25) is 0 Å². The van der Waals surface area contributed by atoms with Crippen LogP contribution in [-0.4, -0.2) is 31.7 Å². The van der Waals surface area contributed by atoms with Crippen molar-refractivity contribution in [3.8, 4) is 11.8 Å². The average Bonchev–Trinajstić information content (AvgIpc) is 2.76. The summed E-state index contributed by atoms with van der Waals surface area (Å²) in [6.07, 6.45) is 5.96. The first-order chi connectivity index (χ1) is 15.2. The van der Waals surface area contributed by atoms with E-state index in [0.29, 0.717) is 42.7 Å². The molecule has 1 atom stereocenters. The van der Waals surface area contributed by atoms with Crippen molar-refractivity contribution >= 4 is 17.3 Å². The van der Waals surface area contributed by atoms with Gasteiger partial charge in [0.05, 0.1) is 29.0 Å². The second-order valence-corrected chi connectivity index (χ2v) is 8.60. The lowest BCUT2D eigenvalue weighted by molar-refractivity contribution is -0.274. The molecule has 1 aromatic carbocycles. The van der Waals surface area contributed by atoms with E-state index in [-0.39, 0.29) is 18.8 Å². The first-order valence-electron chi connectivity index (χ1n) is 11.2. The number of alkyl halides is 3. The molecule has 4 nitrogen and oxygen atoms in total. The summed E-state index contributed by atoms with van der Waals surface area (Å²) in [6, 6.07) is 6.16. The molecule has 0 bridgehead atoms. The Bertz CT molecular complexity index is 769. The van der Waals surface area contributed by atoms with Crippen LogP contribution in [-0.2, 0) is 4.74 Å². The Kier molecular flexibility index (Phi) is 12.1. The van der Waals surface area contributed by atoms with Gasteiger partial charge in [0.15, 0.2) is 0 Å². The van der Waals surface area contributed by atoms with E-state index in [1.807, 2.05) is 4.90 Å². The molecule has 8 heteroatoms. The van der Waals surface area contributed by atoms with Gasteiger partial charge in [-0.3, -0.25) is 0 Å². The van der Waals surface area contributed by atoms with Crippen molar-refractivity contribution in [2.45, 2.75) is 78.2 Å². The third-order valence-corrected chi connectivity index (χ3v) is 6.14. The maximum atomic E-state index is 12.4. The maximum Gasteiger partial charge on any atom is 0.573 e. The first-order valence-corrected chi connectivity index (χ1v) is 11.6. The third kappa shape index (κ3) is 9.46. The Morgan fingerprint density at radius 1 is 1.21 bits per heavy atom. The van der Waals surface area contributed by atoms with Crippen LogP contribution in [0.3, 0.4) is 0 Å². The van der Waals surface area contributed by atoms with Crippen molar-refractivity contribution in [1.29, 1.82) is 5.26 Å². The number of halogens is 4. The molecule has 186 valence electrons. The highest BCUT2D eigenvalue weighted by molar-refractivity contribution is 6.33. The molecule has 0 amide bonds. The topological polar surface area (TPSA) is 45.5 Å². The van der Waals surface area contributed by atoms with Crippen molar-refractivity contribution in [3.05, 3.63) is 35.4 Å². The lowest BCUT2D eigenvalue weighted by atomic mass is 9.81. The lowest BCUT2D eigenvalue weighted by Gasteiger charge is -2.46. The summed E-state index contributed by atoms with van der Waals surface area (Å²) in [5.41, 5.74) is 0.357. The van der Waals surface area contributed by atoms with Crippen LogP contribution in [0.25, 0.3) is 0 Å². The van der Waals surface area contributed by atoms with Gasteiger partial charge in [0.25, 0.3) is 0 Å². The number of hydrogen-bond acceptors (Lipinski definition) is 4. The van der Waals surface area contributed by atoms with Crippen LogP contribution >= 0.6 is 11.6 Å². The summed E-state index contributed by atoms with van der Waals surface area (Å²) in [5.74, 6) is 0.0275. The zero-order valence-electron chi connectivity index (χ0n) is 18.8. The number of anilines is 1. The Hall–Kier alpha value is -1.91. The van der Waals surface area contributed by atoms with Gasteiger partial charge in [-0.2, -0.15) is 5.26 Å². The van der Waals surface area contributed by atoms with E-state index in [1.165, 1.54) is 31.0 Å². The van der Waals surface area contributed by atoms with Crippen LogP contribution in [0.15, 0.2) is 30.4 Å². The summed E-state index contributed by atoms with van der Waals surface area (Å²) in [5, 5.41) is 9.19. The van der Waals surface area contributed by atoms with Gasteiger partial charge >= 0.3 is 6.36 Å². The molecule has 0 aliphatic carbocycles. The lowest BCUT2D eigenvalue weighted by Crippen LogP contribution is -2.49. The van der Waals surface area contributed by atoms with Gasteiger partial charge in [-0.15, -0.1) is 13.2 Å². The standard InChI is InChI=1S/C18H20ClF3N2O2.C6H12.CH4/c19-15-2-1-14(26-18(20,21)22)11-16(15)24-9-6-17(7-10-24)5-3-13(4-8-23)12-25-17;1-3-5-6-4-2;/h1-2,11,13H,3-7,9-10,12H2;5-6H,3-4H2,1-2H3;1H4/b;6-5-;. The zero-order valence-corrected chi connectivity index (χ0v) is 19.5. The summed E-state index contributed by atoms with van der Waals surface area (Å²) in [6.45, 7) is 6.19. The molecule has 0 aromatic heterocycles. The number of ether oxygens (including phenoxy) is 2. The van der Waals surface area contributed by atoms with Crippen LogP contribution in [0, 0.1) is 17.2 Å². The number of benzene rings is 1. The Balaban J connectivity index is 0.000000691. The van der Waals surface area contributed by atoms with E-state index in [0.717, 1.165) is 25.7 Å². The molecule has 2 aliphatic heterocycles. The second kappa shape index (κ2) is 13.7. The number of nitriles is 1. The number of rotatable bonds is 5. The van der Waals surface area contributed by atoms with Crippen molar-refractivity contribution in [3.63, 3.8) is 0 Å². The Labute approximate surface area is 201 Å². The number of nitrogens with zero attached hydrogens (tertiary/aromatic N) is 2. The predicted molar refractivity (Wildman–Crippen MR) is 128 cm³/mol. The Morgan fingerprint density at radius 3 is 2.33 bits per heavy atom. The minimum Gasteiger partial charge on any atom is -0.406 e. The first kappa shape index (κ1) is 29.1. The summed E-state index contributed by atoms with van der Waals surface area (Å²) >= 11 is 6.19. The molecule has 1 aromatic rings. The summed E-state index contributed by atoms with van der Waals surface area (Å²) in [7, 11) is 0. The highest BCUT2D eigenvalue weighted by Crippen LogP contribution is 2.40. The van der Waals surface area contributed by atoms with E-state index in [4.69, 9.17) is 21.6 Å². The number of piperidine rings is 1. The molecule has 0 N–H and O–H groups in total. The number of allylic oxidation sites excluding steroid dienone is 2. The molecule has 1 spiro atoms. The Morgan fingerprint density at radius 2 is 1.85 bits per heavy atom. The van der Waals surface area contributed by atoms with Crippen LogP contribution in [0.1, 0.15) is 66.2 Å². The van der Waals surface area contributed by atoms with Crippen molar-refractivity contribution in [1.82, 2.24) is 0 Å². The van der Waals surface area contributed by atoms with Gasteiger partial charge in [0, 0.05) is 25.6 Å². The molecular weight excluding hydrogens is 453 g/mol. The third-order valence-electron chi connectivity index (χ3n) is 5.82. The van der Waals surface area contributed by atoms with Crippen molar-refractivity contribution in [2.24, 2.45) is 5.92 Å². The van der Waals surface area contributed by atoms with Crippen LogP contribution in [0.5, 0.6) is 5.75 Å². The van der Waals surface area contributed by atoms with E-state index < -0.39 is 6.36 Å². The molecular formula is C25H36ClF3N2O2. The molecule has 3 rings (SSSR count). The minimum atomic E-state index is -4.73. The van der Waals surface area contributed by atoms with E-state index in [9.17, 15) is 13.2 Å². The van der Waals surface area contributed by atoms with Gasteiger partial charge < -0.3 is 14.4 Å². The average molecular weight is 489 g/mol. The highest BCUT2D eigenvalue weighted by Gasteiger charge is 2.39. The van der Waals surface area contributed by atoms with Crippen LogP contribution in [0.2, 0.25) is 5.02 Å². The fraction of sp³-hybridized carbons (Fsp3) is 0.640. The SMILES string of the molecule is C.CC/C=C\CC.N#CCC1CCC2(CCN(c3cc(OC(F)(F)F)ccc3Cl)CC2)OC1. The number of hydrogen-bond donors (Lipinski definition) is 0. The molecule has 33 heavy (non-hydrogen) atoms. The quantitative estimate of drug-likeness (QED) is 0.395. The van der Waals surface area contributed by atoms with Gasteiger partial charge in [0.1, 0.15) is 5.75 Å². The van der Waals surface area contributed by atoms with E-state index >= 15 is 0 Å². The fourth-order valence-electron chi connectivity index (χ4n) is 4.02. The molecule has 0 saturated carbocycles. The minimum absolute atomic E-state index is 0. The van der Waals surface area contributed by atoms with Gasteiger partial charge in [-0.1, -0.05) is 45.0 Å². The zero-order chi connectivity index (χ0) is 23.6. The normalized spacial score (nSPS) is 19.9. The van der Waals surface area contributed by atoms with Gasteiger partial charge in [-0.25, -0.2) is 0 Å². The van der Waals surface area contributed by atoms with Crippen LogP contribution < -0.4 is 9.64 Å². The molecule has 2 heterocycles. The van der Waals surface area contributed by atoms with E-state index in [1.54, 1.807) is 0 Å². The monoisotopic (exact) mass is 488 g/mol. The van der Waals surface area contributed by atoms with Gasteiger partial charge in [-0.05, 0) is 56.6 Å². The molecule has 2 fully saturated rings. The van der Waals surface area contributed by atoms with E-state index in [2.05, 4.69) is 36.8 Å². The van der Waals surface area contributed by atoms with Crippen molar-refractivity contribution in [2.75, 3.05) is 24.6 Å². The van der Waals surface area contributed by atoms with Crippen LogP contribution in [0.4, 0.5) is 18.9 Å². The molecule has 0 radical (unpaired) electrons. The molecule has 1 unspecified atom stereocenters. The summed E-state index contributed by atoms with van der Waals surface area (Å²) in [4.78, 5) is 1.97. The largest absolute Gasteiger partial charge is 0.573 e. The smallest absolute Gasteiger partial charge is 0.406 e. The molecule has 2 saturated heterocycles. The van der Waals surface area contributed by atoms with Crippen molar-refractivity contribution < 1.29 is 22.6 Å². The fourth-order valence-corrected chi connectivity index (χ4v) is 4.26. The second-order valence-electron chi connectivity index (χ2n) is 8.20. The predicted octanol–water partition coefficient (Wildman–Crippen LogP) is 7.92. The molecule has 2 aliphatic rings. The maximum absolute atomic E-state index is 12.4.